The number of nitrogens with zero attached hydrogens (tertiary/aromatic N) is 1. The summed E-state index contributed by atoms with van der Waals surface area (Å²) < 4.78 is 0. The maximum Gasteiger partial charge on any atom is 0.272 e. The number of aromatic hydroxyl groups is 1. The van der Waals surface area contributed by atoms with Crippen LogP contribution in [0.4, 0.5) is 5.69 Å². The summed E-state index contributed by atoms with van der Waals surface area (Å²) >= 11 is 0. The van der Waals surface area contributed by atoms with Gasteiger partial charge in [-0.15, -0.1) is 0 Å². The molecule has 0 spiro atoms. The van der Waals surface area contributed by atoms with Crippen LogP contribution < -0.4 is 11.1 Å². The minimum atomic E-state index is -2.70. The number of hydrogen-bond donors (Lipinski definition) is 7. The Balaban J connectivity index is 1.45. The number of benzene rings is 2. The number of nitrogens with two attached hydrogens (primary N) is 1. The largest absolute Gasteiger partial charge is 0.510 e. The van der Waals surface area contributed by atoms with E-state index in [0.717, 1.165) is 0 Å². The average molecular weight is 599 g/mol. The number of aromatic amines is 1. The van der Waals surface area contributed by atoms with Crippen LogP contribution in [0.3, 0.4) is 0 Å². The van der Waals surface area contributed by atoms with Crippen molar-refractivity contribution in [1.82, 2.24) is 9.88 Å². The molecule has 4 unspecified atom stereocenters. The number of hydrogen-bond acceptors (Lipinski definition) is 9. The van der Waals surface area contributed by atoms with Gasteiger partial charge in [-0.25, -0.2) is 0 Å². The second-order valence-electron chi connectivity index (χ2n) is 11.6. The number of phenols is 1. The molecule has 0 aliphatic heterocycles. The van der Waals surface area contributed by atoms with E-state index in [1.54, 1.807) is 62.8 Å². The van der Waals surface area contributed by atoms with Crippen LogP contribution in [0.1, 0.15) is 32.8 Å². The molecule has 3 aliphatic carbocycles. The lowest BCUT2D eigenvalue weighted by Gasteiger charge is -2.50. The standard InChI is InChI=1S/C32H30N4O8/c1-36(2)25-19-13-15-12-18-17(14-5-3-6-16(11-14)35-31(43)20-7-4-10-34-20)8-9-21(37)23(18)26(38)22(15)28(40)32(19,44)29(41)24(27(25)39)30(33)42/h3-11,15,19,25,34,37,39-40,44H,12-13H2,1-2H3,(H2,33,42)(H,35,43). The van der Waals surface area contributed by atoms with Crippen molar-refractivity contribution >= 4 is 29.1 Å². The van der Waals surface area contributed by atoms with Crippen molar-refractivity contribution in [2.45, 2.75) is 24.5 Å². The van der Waals surface area contributed by atoms with Crippen molar-refractivity contribution in [3.8, 4) is 16.9 Å². The molecule has 12 heteroatoms. The molecule has 0 saturated carbocycles. The van der Waals surface area contributed by atoms with Gasteiger partial charge >= 0.3 is 0 Å². The average Bonchev–Trinajstić information content (AvgIpc) is 3.50. The molecule has 6 rings (SSSR count). The van der Waals surface area contributed by atoms with Crippen molar-refractivity contribution in [3.05, 3.63) is 94.2 Å². The fourth-order valence-electron chi connectivity index (χ4n) is 6.96. The molecule has 226 valence electrons. The Bertz CT molecular complexity index is 1820. The zero-order chi connectivity index (χ0) is 31.7. The van der Waals surface area contributed by atoms with Gasteiger partial charge in [0.2, 0.25) is 5.78 Å². The summed E-state index contributed by atoms with van der Waals surface area (Å²) in [5, 5.41) is 47.9. The number of carbonyl (C=O) groups is 4. The summed E-state index contributed by atoms with van der Waals surface area (Å²) in [6.07, 6.45) is 1.75. The first-order chi connectivity index (χ1) is 20.9. The number of anilines is 1. The number of nitrogens with one attached hydrogen (secondary N) is 2. The number of Topliss-reactive ketones (excluding diaryl/α,β-unsaturated/α-hetero) is 2. The van der Waals surface area contributed by atoms with Gasteiger partial charge in [0.25, 0.3) is 11.8 Å². The van der Waals surface area contributed by atoms with E-state index in [9.17, 15) is 39.6 Å². The van der Waals surface area contributed by atoms with Gasteiger partial charge in [0.15, 0.2) is 11.4 Å². The molecule has 2 aromatic carbocycles. The third-order valence-corrected chi connectivity index (χ3v) is 8.88. The van der Waals surface area contributed by atoms with E-state index in [4.69, 9.17) is 5.73 Å². The molecule has 1 aromatic heterocycles. The summed E-state index contributed by atoms with van der Waals surface area (Å²) in [4.78, 5) is 56.6. The highest BCUT2D eigenvalue weighted by Gasteiger charge is 2.63. The Morgan fingerprint density at radius 2 is 1.82 bits per heavy atom. The van der Waals surface area contributed by atoms with E-state index >= 15 is 0 Å². The van der Waals surface area contributed by atoms with E-state index in [2.05, 4.69) is 10.3 Å². The Hall–Kier alpha value is -5.20. The maximum absolute atomic E-state index is 14.0. The molecule has 4 atom stereocenters. The Morgan fingerprint density at radius 1 is 1.07 bits per heavy atom. The number of likely N-dealkylation sites (N-methyl/N-ethyl adjacent to an activating group) is 1. The monoisotopic (exact) mass is 598 g/mol. The van der Waals surface area contributed by atoms with Gasteiger partial charge in [-0.1, -0.05) is 18.2 Å². The van der Waals surface area contributed by atoms with Gasteiger partial charge < -0.3 is 36.5 Å². The first-order valence-electron chi connectivity index (χ1n) is 13.9. The zero-order valence-electron chi connectivity index (χ0n) is 23.8. The quantitative estimate of drug-likeness (QED) is 0.215. The second kappa shape index (κ2) is 10.2. The van der Waals surface area contributed by atoms with Gasteiger partial charge in [-0.3, -0.25) is 24.1 Å². The van der Waals surface area contributed by atoms with Crippen LogP contribution in [0.15, 0.2) is 77.4 Å². The van der Waals surface area contributed by atoms with E-state index in [1.807, 2.05) is 0 Å². The van der Waals surface area contributed by atoms with Gasteiger partial charge in [-0.2, -0.15) is 0 Å². The number of aromatic nitrogens is 1. The predicted molar refractivity (Wildman–Crippen MR) is 158 cm³/mol. The van der Waals surface area contributed by atoms with Crippen LogP contribution in [-0.2, 0) is 16.0 Å². The van der Waals surface area contributed by atoms with Gasteiger partial charge in [0, 0.05) is 23.4 Å². The Morgan fingerprint density at radius 3 is 2.48 bits per heavy atom. The number of carbonyl (C=O) groups excluding carboxylic acids is 4. The Kier molecular flexibility index (Phi) is 6.71. The van der Waals surface area contributed by atoms with Crippen molar-refractivity contribution in [1.29, 1.82) is 0 Å². The van der Waals surface area contributed by atoms with Crippen LogP contribution in [0.25, 0.3) is 11.1 Å². The molecule has 0 bridgehead atoms. The summed E-state index contributed by atoms with van der Waals surface area (Å²) in [5.41, 5.74) is 4.10. The number of rotatable bonds is 5. The number of phenolic OH excluding ortho intramolecular Hbond substituents is 1. The van der Waals surface area contributed by atoms with E-state index in [0.29, 0.717) is 28.1 Å². The molecule has 0 radical (unpaired) electrons. The predicted octanol–water partition coefficient (Wildman–Crippen LogP) is 2.37. The minimum Gasteiger partial charge on any atom is -0.510 e. The number of H-pyrrole nitrogens is 1. The molecule has 44 heavy (non-hydrogen) atoms. The third kappa shape index (κ3) is 4.13. The lowest BCUT2D eigenvalue weighted by Crippen LogP contribution is -2.63. The number of primary amides is 1. The first-order valence-corrected chi connectivity index (χ1v) is 13.9. The van der Waals surface area contributed by atoms with Crippen molar-refractivity contribution in [2.24, 2.45) is 17.6 Å². The SMILES string of the molecule is CN(C)C1C(O)=C(C(N)=O)C(=O)C2(O)C(O)=C3C(=O)c4c(O)ccc(-c5cccc(NC(=O)c6ccc[nH]6)c5)c4CC3CC12. The lowest BCUT2D eigenvalue weighted by atomic mass is 9.58. The first kappa shape index (κ1) is 28.9. The number of aliphatic hydroxyl groups is 3. The zero-order valence-corrected chi connectivity index (χ0v) is 23.8. The summed E-state index contributed by atoms with van der Waals surface area (Å²) in [6, 6.07) is 12.2. The lowest BCUT2D eigenvalue weighted by molar-refractivity contribution is -0.148. The van der Waals surface area contributed by atoms with Gasteiger partial charge in [-0.05, 0) is 79.9 Å². The molecular formula is C32H30N4O8. The topological polar surface area (TPSA) is 206 Å². The number of ketones is 2. The highest BCUT2D eigenvalue weighted by Crippen LogP contribution is 2.53. The summed E-state index contributed by atoms with van der Waals surface area (Å²) in [5.74, 6) is -7.42. The second-order valence-corrected chi connectivity index (χ2v) is 11.6. The van der Waals surface area contributed by atoms with E-state index < -0.39 is 58.0 Å². The van der Waals surface area contributed by atoms with Crippen LogP contribution in [0.5, 0.6) is 5.75 Å². The maximum atomic E-state index is 14.0. The molecule has 8 N–H and O–H groups in total. The number of allylic oxidation sites excluding steroid dienone is 1. The number of amides is 2. The molecule has 3 aromatic rings. The molecule has 2 amide bonds. The molecule has 1 heterocycles. The highest BCUT2D eigenvalue weighted by atomic mass is 16.3. The van der Waals surface area contributed by atoms with Crippen LogP contribution in [-0.4, -0.2) is 79.4 Å². The Labute approximate surface area is 251 Å². The van der Waals surface area contributed by atoms with Crippen molar-refractivity contribution < 1.29 is 39.6 Å². The summed E-state index contributed by atoms with van der Waals surface area (Å²) in [6.45, 7) is 0. The van der Waals surface area contributed by atoms with Crippen molar-refractivity contribution in [2.75, 3.05) is 19.4 Å². The van der Waals surface area contributed by atoms with Crippen LogP contribution >= 0.6 is 0 Å². The van der Waals surface area contributed by atoms with E-state index in [-0.39, 0.29) is 35.6 Å². The van der Waals surface area contributed by atoms with Crippen molar-refractivity contribution in [3.63, 3.8) is 0 Å². The number of fused-ring (bicyclic) bond motifs is 3. The third-order valence-electron chi connectivity index (χ3n) is 8.88. The molecule has 3 aliphatic rings. The van der Waals surface area contributed by atoms with Gasteiger partial charge in [0.1, 0.15) is 28.5 Å². The van der Waals surface area contributed by atoms with Crippen LogP contribution in [0.2, 0.25) is 0 Å². The molecule has 0 fully saturated rings. The summed E-state index contributed by atoms with van der Waals surface area (Å²) in [7, 11) is 3.15. The molecular weight excluding hydrogens is 568 g/mol. The highest BCUT2D eigenvalue weighted by molar-refractivity contribution is 6.25. The smallest absolute Gasteiger partial charge is 0.272 e. The number of aliphatic hydroxyl groups excluding tert-OH is 2. The normalized spacial score (nSPS) is 24.6. The molecule has 0 saturated heterocycles. The van der Waals surface area contributed by atoms with Gasteiger partial charge in [0.05, 0.1) is 11.6 Å². The minimum absolute atomic E-state index is 0.0207. The van der Waals surface area contributed by atoms with Crippen LogP contribution in [0, 0.1) is 11.8 Å². The molecule has 12 nitrogen and oxygen atoms in total. The fraction of sp³-hybridized carbons (Fsp3) is 0.250. The fourth-order valence-corrected chi connectivity index (χ4v) is 6.96. The van der Waals surface area contributed by atoms with E-state index in [1.165, 1.54) is 11.0 Å².